The van der Waals surface area contributed by atoms with Gasteiger partial charge in [0, 0.05) is 13.1 Å². The van der Waals surface area contributed by atoms with Crippen LogP contribution in [0.15, 0.2) is 5.16 Å². The van der Waals surface area contributed by atoms with Gasteiger partial charge in [-0.05, 0) is 26.7 Å². The molecule has 2 N–H and O–H groups in total. The van der Waals surface area contributed by atoms with Gasteiger partial charge in [-0.25, -0.2) is 4.79 Å². The summed E-state index contributed by atoms with van der Waals surface area (Å²) >= 11 is 1.17. The Morgan fingerprint density at radius 1 is 1.26 bits per heavy atom. The Morgan fingerprint density at radius 3 is 2.63 bits per heavy atom. The number of nitrogens with one attached hydrogen (secondary N) is 2. The molecule has 1 aliphatic rings. The predicted molar refractivity (Wildman–Crippen MR) is 100 cm³/mol. The van der Waals surface area contributed by atoms with Crippen molar-refractivity contribution in [3.63, 3.8) is 0 Å². The summed E-state index contributed by atoms with van der Waals surface area (Å²) in [7, 11) is 1.72. The van der Waals surface area contributed by atoms with Crippen molar-refractivity contribution in [1.29, 1.82) is 0 Å². The third-order valence-electron chi connectivity index (χ3n) is 4.36. The molecule has 1 fully saturated rings. The average Bonchev–Trinajstić information content (AvgIpc) is 2.96. The van der Waals surface area contributed by atoms with Crippen molar-refractivity contribution >= 4 is 29.7 Å². The fourth-order valence-corrected chi connectivity index (χ4v) is 3.67. The number of esters is 1. The molecule has 0 aliphatic heterocycles. The zero-order chi connectivity index (χ0) is 19.8. The minimum atomic E-state index is -0.541. The van der Waals surface area contributed by atoms with Gasteiger partial charge in [-0.3, -0.25) is 14.9 Å². The fourth-order valence-electron chi connectivity index (χ4n) is 2.84. The van der Waals surface area contributed by atoms with Gasteiger partial charge >= 0.3 is 12.0 Å². The zero-order valence-electron chi connectivity index (χ0n) is 16.0. The topological polar surface area (TPSA) is 115 Å². The molecule has 0 radical (unpaired) electrons. The largest absolute Gasteiger partial charge is 0.466 e. The first kappa shape index (κ1) is 21.2. The third-order valence-corrected chi connectivity index (χ3v) is 5.50. The Hall–Kier alpha value is -2.10. The molecule has 1 aromatic rings. The molecule has 10 heteroatoms. The number of amides is 3. The standard InChI is InChI=1S/C17H27N5O4S/c1-4-26-14(23)10-13-20-21-17(22(13)3)27-11(2)15(24)19-16(25)18-12-8-6-5-7-9-12/h11-12H,4-10H2,1-3H3,(H2,18,19,24,25)/t11-/m0/s1. The zero-order valence-corrected chi connectivity index (χ0v) is 16.8. The molecule has 0 bridgehead atoms. The van der Waals surface area contributed by atoms with Crippen LogP contribution >= 0.6 is 11.8 Å². The maximum absolute atomic E-state index is 12.3. The predicted octanol–water partition coefficient (Wildman–Crippen LogP) is 1.56. The molecule has 1 saturated carbocycles. The summed E-state index contributed by atoms with van der Waals surface area (Å²) in [5.74, 6) is -0.323. The Kier molecular flexibility index (Phi) is 8.08. The molecule has 0 saturated heterocycles. The maximum Gasteiger partial charge on any atom is 0.321 e. The highest BCUT2D eigenvalue weighted by Gasteiger charge is 2.23. The van der Waals surface area contributed by atoms with Gasteiger partial charge in [0.25, 0.3) is 0 Å². The van der Waals surface area contributed by atoms with E-state index in [1.807, 2.05) is 0 Å². The molecule has 27 heavy (non-hydrogen) atoms. The molecule has 0 aromatic carbocycles. The fraction of sp³-hybridized carbons (Fsp3) is 0.706. The number of ether oxygens (including phenoxy) is 1. The Bertz CT molecular complexity index is 672. The van der Waals surface area contributed by atoms with E-state index in [1.165, 1.54) is 18.2 Å². The second-order valence-electron chi connectivity index (χ2n) is 6.50. The van der Waals surface area contributed by atoms with Crippen molar-refractivity contribution < 1.29 is 19.1 Å². The lowest BCUT2D eigenvalue weighted by atomic mass is 9.96. The number of thioether (sulfide) groups is 1. The van der Waals surface area contributed by atoms with Crippen molar-refractivity contribution in [3.8, 4) is 0 Å². The lowest BCUT2D eigenvalue weighted by Gasteiger charge is -2.23. The van der Waals surface area contributed by atoms with Gasteiger partial charge in [-0.1, -0.05) is 31.0 Å². The normalized spacial score (nSPS) is 15.8. The van der Waals surface area contributed by atoms with Crippen LogP contribution in [-0.4, -0.2) is 50.6 Å². The average molecular weight is 398 g/mol. The Balaban J connectivity index is 1.84. The number of hydrogen-bond acceptors (Lipinski definition) is 7. The van der Waals surface area contributed by atoms with E-state index in [4.69, 9.17) is 4.74 Å². The van der Waals surface area contributed by atoms with Crippen molar-refractivity contribution in [3.05, 3.63) is 5.82 Å². The number of hydrogen-bond donors (Lipinski definition) is 2. The number of nitrogens with zero attached hydrogens (tertiary/aromatic N) is 3. The molecule has 1 atom stereocenters. The van der Waals surface area contributed by atoms with Crippen LogP contribution in [0.2, 0.25) is 0 Å². The summed E-state index contributed by atoms with van der Waals surface area (Å²) in [4.78, 5) is 35.8. The van der Waals surface area contributed by atoms with Crippen LogP contribution in [0, 0.1) is 0 Å². The Morgan fingerprint density at radius 2 is 1.96 bits per heavy atom. The van der Waals surface area contributed by atoms with Crippen LogP contribution in [0.3, 0.4) is 0 Å². The van der Waals surface area contributed by atoms with E-state index in [0.717, 1.165) is 25.7 Å². The van der Waals surface area contributed by atoms with Crippen molar-refractivity contribution in [2.45, 2.75) is 68.8 Å². The SMILES string of the molecule is CCOC(=O)Cc1nnc(S[C@@H](C)C(=O)NC(=O)NC2CCCCC2)n1C. The van der Waals surface area contributed by atoms with Gasteiger partial charge in [0.15, 0.2) is 5.16 Å². The first-order valence-corrected chi connectivity index (χ1v) is 10.1. The van der Waals surface area contributed by atoms with Gasteiger partial charge in [0.2, 0.25) is 5.91 Å². The highest BCUT2D eigenvalue weighted by atomic mass is 32.2. The lowest BCUT2D eigenvalue weighted by Crippen LogP contribution is -2.47. The molecule has 1 heterocycles. The Labute approximate surface area is 163 Å². The van der Waals surface area contributed by atoms with Gasteiger partial charge in [0.1, 0.15) is 12.2 Å². The van der Waals surface area contributed by atoms with Gasteiger partial charge < -0.3 is 14.6 Å². The summed E-state index contributed by atoms with van der Waals surface area (Å²) in [6.45, 7) is 3.73. The van der Waals surface area contributed by atoms with Crippen molar-refractivity contribution in [2.75, 3.05) is 6.61 Å². The van der Waals surface area contributed by atoms with E-state index in [1.54, 1.807) is 25.5 Å². The first-order valence-electron chi connectivity index (χ1n) is 9.22. The van der Waals surface area contributed by atoms with Crippen molar-refractivity contribution in [2.24, 2.45) is 7.05 Å². The minimum absolute atomic E-state index is 0.0161. The summed E-state index contributed by atoms with van der Waals surface area (Å²) < 4.78 is 6.55. The molecule has 1 aromatic heterocycles. The first-order chi connectivity index (χ1) is 12.9. The van der Waals surface area contributed by atoms with Crippen LogP contribution in [-0.2, 0) is 27.8 Å². The van der Waals surface area contributed by atoms with E-state index in [0.29, 0.717) is 17.6 Å². The highest BCUT2D eigenvalue weighted by Crippen LogP contribution is 2.22. The quantitative estimate of drug-likeness (QED) is 0.530. The second-order valence-corrected chi connectivity index (χ2v) is 7.81. The lowest BCUT2D eigenvalue weighted by molar-refractivity contribution is -0.142. The smallest absolute Gasteiger partial charge is 0.321 e. The van der Waals surface area contributed by atoms with E-state index >= 15 is 0 Å². The van der Waals surface area contributed by atoms with Crippen LogP contribution in [0.1, 0.15) is 51.8 Å². The number of imide groups is 1. The summed E-state index contributed by atoms with van der Waals surface area (Å²) in [5, 5.41) is 13.2. The van der Waals surface area contributed by atoms with Crippen LogP contribution in [0.4, 0.5) is 4.79 Å². The minimum Gasteiger partial charge on any atom is -0.466 e. The van der Waals surface area contributed by atoms with Gasteiger partial charge in [-0.15, -0.1) is 10.2 Å². The summed E-state index contributed by atoms with van der Waals surface area (Å²) in [6, 6.07) is -0.320. The van der Waals surface area contributed by atoms with Crippen LogP contribution in [0.25, 0.3) is 0 Å². The molecule has 0 unspecified atom stereocenters. The van der Waals surface area contributed by atoms with Crippen LogP contribution < -0.4 is 10.6 Å². The molecule has 9 nitrogen and oxygen atoms in total. The second kappa shape index (κ2) is 10.3. The number of urea groups is 1. The van der Waals surface area contributed by atoms with E-state index in [-0.39, 0.29) is 18.4 Å². The molecular formula is C17H27N5O4S. The molecule has 3 amide bonds. The van der Waals surface area contributed by atoms with E-state index in [2.05, 4.69) is 20.8 Å². The molecule has 0 spiro atoms. The monoisotopic (exact) mass is 397 g/mol. The highest BCUT2D eigenvalue weighted by molar-refractivity contribution is 8.00. The van der Waals surface area contributed by atoms with E-state index in [9.17, 15) is 14.4 Å². The summed E-state index contributed by atoms with van der Waals surface area (Å²) in [6.07, 6.45) is 5.32. The van der Waals surface area contributed by atoms with Crippen molar-refractivity contribution in [1.82, 2.24) is 25.4 Å². The van der Waals surface area contributed by atoms with Gasteiger partial charge in [-0.2, -0.15) is 0 Å². The molecule has 2 rings (SSSR count). The number of rotatable bonds is 7. The number of carbonyl (C=O) groups excluding carboxylic acids is 3. The molecular weight excluding hydrogens is 370 g/mol. The third kappa shape index (κ3) is 6.53. The maximum atomic E-state index is 12.3. The molecule has 1 aliphatic carbocycles. The van der Waals surface area contributed by atoms with Crippen LogP contribution in [0.5, 0.6) is 0 Å². The van der Waals surface area contributed by atoms with Gasteiger partial charge in [0.05, 0.1) is 11.9 Å². The summed E-state index contributed by atoms with van der Waals surface area (Å²) in [5.41, 5.74) is 0. The van der Waals surface area contributed by atoms with E-state index < -0.39 is 17.2 Å². The molecule has 150 valence electrons. The number of aromatic nitrogens is 3. The number of carbonyl (C=O) groups is 3.